The molecule has 6 nitrogen and oxygen atoms in total. The molecule has 0 saturated heterocycles. The van der Waals surface area contributed by atoms with Crippen LogP contribution in [0.15, 0.2) is 27.6 Å². The number of benzene rings is 1. The lowest BCUT2D eigenvalue weighted by atomic mass is 9.91. The van der Waals surface area contributed by atoms with Crippen molar-refractivity contribution in [1.82, 2.24) is 14.9 Å². The lowest BCUT2D eigenvalue weighted by Gasteiger charge is -2.30. The van der Waals surface area contributed by atoms with E-state index in [1.807, 2.05) is 19.9 Å². The lowest BCUT2D eigenvalue weighted by molar-refractivity contribution is 0.301. The summed E-state index contributed by atoms with van der Waals surface area (Å²) in [6.45, 7) is 5.60. The van der Waals surface area contributed by atoms with Crippen molar-refractivity contribution < 1.29 is 12.9 Å². The molecular formula is C18H25N3O3S. The molecule has 1 aliphatic carbocycles. The summed E-state index contributed by atoms with van der Waals surface area (Å²) in [7, 11) is -3.68. The first-order valence-electron chi connectivity index (χ1n) is 8.74. The predicted molar refractivity (Wildman–Crippen MR) is 94.7 cm³/mol. The Bertz CT molecular complexity index is 850. The lowest BCUT2D eigenvalue weighted by Crippen LogP contribution is -2.46. The van der Waals surface area contributed by atoms with Crippen LogP contribution in [0, 0.1) is 20.8 Å². The smallest absolute Gasteiger partial charge is 0.241 e. The van der Waals surface area contributed by atoms with Crippen LogP contribution in [0.4, 0.5) is 0 Å². The highest BCUT2D eigenvalue weighted by molar-refractivity contribution is 7.89. The van der Waals surface area contributed by atoms with Gasteiger partial charge in [-0.3, -0.25) is 0 Å². The molecule has 1 aliphatic rings. The van der Waals surface area contributed by atoms with Gasteiger partial charge in [0.25, 0.3) is 0 Å². The molecule has 7 heteroatoms. The monoisotopic (exact) mass is 363 g/mol. The van der Waals surface area contributed by atoms with Crippen molar-refractivity contribution in [2.75, 3.05) is 0 Å². The molecule has 0 aliphatic heterocycles. The highest BCUT2D eigenvalue weighted by Crippen LogP contribution is 2.36. The minimum atomic E-state index is -3.68. The van der Waals surface area contributed by atoms with Crippen molar-refractivity contribution in [1.29, 1.82) is 0 Å². The van der Waals surface area contributed by atoms with E-state index in [2.05, 4.69) is 14.9 Å². The van der Waals surface area contributed by atoms with Crippen LogP contribution >= 0.6 is 0 Å². The molecule has 0 atom stereocenters. The zero-order valence-corrected chi connectivity index (χ0v) is 15.8. The van der Waals surface area contributed by atoms with Crippen molar-refractivity contribution in [3.05, 3.63) is 41.0 Å². The first-order valence-corrected chi connectivity index (χ1v) is 10.2. The Labute approximate surface area is 149 Å². The highest BCUT2D eigenvalue weighted by atomic mass is 32.2. The zero-order valence-electron chi connectivity index (χ0n) is 15.0. The number of sulfonamides is 1. The van der Waals surface area contributed by atoms with Crippen molar-refractivity contribution >= 4 is 10.0 Å². The van der Waals surface area contributed by atoms with E-state index in [1.54, 1.807) is 19.1 Å². The van der Waals surface area contributed by atoms with Crippen molar-refractivity contribution in [3.63, 3.8) is 0 Å². The second kappa shape index (κ2) is 6.88. The average molecular weight is 363 g/mol. The number of nitrogens with one attached hydrogen (secondary N) is 1. The quantitative estimate of drug-likeness (QED) is 0.840. The summed E-state index contributed by atoms with van der Waals surface area (Å²) < 4.78 is 34.2. The Morgan fingerprint density at radius 3 is 2.28 bits per heavy atom. The molecule has 1 aromatic heterocycles. The van der Waals surface area contributed by atoms with E-state index in [0.29, 0.717) is 24.6 Å². The Morgan fingerprint density at radius 2 is 1.72 bits per heavy atom. The topological polar surface area (TPSA) is 85.1 Å². The van der Waals surface area contributed by atoms with E-state index in [1.165, 1.54) is 0 Å². The van der Waals surface area contributed by atoms with Gasteiger partial charge in [-0.2, -0.15) is 9.71 Å². The van der Waals surface area contributed by atoms with Crippen LogP contribution in [0.5, 0.6) is 0 Å². The van der Waals surface area contributed by atoms with Crippen molar-refractivity contribution in [2.24, 2.45) is 0 Å². The van der Waals surface area contributed by atoms with Gasteiger partial charge in [0.1, 0.15) is 0 Å². The fraction of sp³-hybridized carbons (Fsp3) is 0.556. The third-order valence-corrected chi connectivity index (χ3v) is 6.57. The minimum absolute atomic E-state index is 0.277. The Morgan fingerprint density at radius 1 is 1.04 bits per heavy atom. The summed E-state index contributed by atoms with van der Waals surface area (Å²) in [6.07, 6.45) is 5.39. The molecule has 1 heterocycles. The van der Waals surface area contributed by atoms with Gasteiger partial charge in [0, 0.05) is 6.92 Å². The van der Waals surface area contributed by atoms with Crippen molar-refractivity contribution in [3.8, 4) is 0 Å². The van der Waals surface area contributed by atoms with Gasteiger partial charge >= 0.3 is 0 Å². The number of aromatic nitrogens is 2. The zero-order chi connectivity index (χ0) is 18.1. The van der Waals surface area contributed by atoms with E-state index >= 15 is 0 Å². The van der Waals surface area contributed by atoms with Crippen molar-refractivity contribution in [2.45, 2.75) is 69.7 Å². The van der Waals surface area contributed by atoms with Crippen LogP contribution in [0.25, 0.3) is 0 Å². The molecule has 3 rings (SSSR count). The van der Waals surface area contributed by atoms with E-state index in [4.69, 9.17) is 4.52 Å². The van der Waals surface area contributed by atoms with Gasteiger partial charge in [0.05, 0.1) is 10.4 Å². The van der Waals surface area contributed by atoms with Crippen LogP contribution in [0.1, 0.15) is 61.4 Å². The molecule has 25 heavy (non-hydrogen) atoms. The molecule has 0 amide bonds. The second-order valence-electron chi connectivity index (χ2n) is 6.98. The number of aryl methyl sites for hydroxylation is 3. The molecule has 2 aromatic rings. The van der Waals surface area contributed by atoms with Crippen LogP contribution < -0.4 is 4.72 Å². The molecule has 0 unspecified atom stereocenters. The maximum absolute atomic E-state index is 13.1. The average Bonchev–Trinajstić information content (AvgIpc) is 2.86. The van der Waals surface area contributed by atoms with Crippen LogP contribution in [0.2, 0.25) is 0 Å². The second-order valence-corrected chi connectivity index (χ2v) is 8.67. The van der Waals surface area contributed by atoms with E-state index in [0.717, 1.165) is 36.8 Å². The Hall–Kier alpha value is -1.73. The summed E-state index contributed by atoms with van der Waals surface area (Å²) in [5.74, 6) is 0.892. The third-order valence-electron chi connectivity index (χ3n) is 5.03. The minimum Gasteiger partial charge on any atom is -0.340 e. The summed E-state index contributed by atoms with van der Waals surface area (Å²) >= 11 is 0. The SMILES string of the molecule is Cc1nc(C2(NS(=O)(=O)c3ccc(C)c(C)c3)CCCCCC2)no1. The van der Waals surface area contributed by atoms with E-state index < -0.39 is 15.6 Å². The Balaban J connectivity index is 2.00. The maximum atomic E-state index is 13.1. The van der Waals surface area contributed by atoms with Gasteiger partial charge in [-0.1, -0.05) is 36.9 Å². The molecule has 0 bridgehead atoms. The number of rotatable bonds is 4. The fourth-order valence-electron chi connectivity index (χ4n) is 3.39. The molecule has 0 spiro atoms. The summed E-state index contributed by atoms with van der Waals surface area (Å²) in [4.78, 5) is 4.63. The summed E-state index contributed by atoms with van der Waals surface area (Å²) in [5.41, 5.74) is 1.22. The molecule has 0 radical (unpaired) electrons. The maximum Gasteiger partial charge on any atom is 0.241 e. The van der Waals surface area contributed by atoms with E-state index in [9.17, 15) is 8.42 Å². The van der Waals surface area contributed by atoms with Crippen LogP contribution in [-0.2, 0) is 15.6 Å². The van der Waals surface area contributed by atoms with Crippen LogP contribution in [-0.4, -0.2) is 18.6 Å². The van der Waals surface area contributed by atoms with Crippen LogP contribution in [0.3, 0.4) is 0 Å². The summed E-state index contributed by atoms with van der Waals surface area (Å²) in [6, 6.07) is 5.20. The highest BCUT2D eigenvalue weighted by Gasteiger charge is 2.41. The number of hydrogen-bond donors (Lipinski definition) is 1. The largest absolute Gasteiger partial charge is 0.340 e. The first kappa shape index (κ1) is 18.1. The predicted octanol–water partition coefficient (Wildman–Crippen LogP) is 3.52. The Kier molecular flexibility index (Phi) is 4.97. The normalized spacial score (nSPS) is 18.0. The fourth-order valence-corrected chi connectivity index (χ4v) is 4.90. The molecule has 1 aromatic carbocycles. The van der Waals surface area contributed by atoms with E-state index in [-0.39, 0.29) is 4.90 Å². The standard InChI is InChI=1S/C18H25N3O3S/c1-13-8-9-16(12-14(13)2)25(22,23)21-18(10-6-4-5-7-11-18)17-19-15(3)24-20-17/h8-9,12,21H,4-7,10-11H2,1-3H3. The van der Waals surface area contributed by atoms with Gasteiger partial charge in [0.2, 0.25) is 15.9 Å². The molecular weight excluding hydrogens is 338 g/mol. The summed E-state index contributed by atoms with van der Waals surface area (Å²) in [5, 5.41) is 4.05. The first-order chi connectivity index (χ1) is 11.8. The molecule has 1 saturated carbocycles. The molecule has 136 valence electrons. The number of hydrogen-bond acceptors (Lipinski definition) is 5. The van der Waals surface area contributed by atoms with Gasteiger partial charge < -0.3 is 4.52 Å². The number of nitrogens with zero attached hydrogens (tertiary/aromatic N) is 2. The van der Waals surface area contributed by atoms with Gasteiger partial charge in [-0.15, -0.1) is 0 Å². The molecule has 1 fully saturated rings. The van der Waals surface area contributed by atoms with Gasteiger partial charge in [-0.25, -0.2) is 8.42 Å². The molecule has 1 N–H and O–H groups in total. The van der Waals surface area contributed by atoms with Gasteiger partial charge in [0.15, 0.2) is 5.82 Å². The van der Waals surface area contributed by atoms with Gasteiger partial charge in [-0.05, 0) is 49.9 Å². The third kappa shape index (κ3) is 3.77.